The minimum absolute atomic E-state index is 0.268. The van der Waals surface area contributed by atoms with Crippen molar-refractivity contribution in [2.75, 3.05) is 13.2 Å². The van der Waals surface area contributed by atoms with Gasteiger partial charge in [-0.1, -0.05) is 98.4 Å². The maximum absolute atomic E-state index is 6.30. The van der Waals surface area contributed by atoms with Gasteiger partial charge in [-0.3, -0.25) is 0 Å². The van der Waals surface area contributed by atoms with E-state index < -0.39 is 0 Å². The van der Waals surface area contributed by atoms with Gasteiger partial charge in [-0.15, -0.1) is 0 Å². The maximum atomic E-state index is 6.30. The molecule has 0 aliphatic heterocycles. The van der Waals surface area contributed by atoms with Crippen molar-refractivity contribution in [1.82, 2.24) is 0 Å². The highest BCUT2D eigenvalue weighted by Gasteiger charge is 2.17. The largest absolute Gasteiger partial charge is 0.491 e. The Morgan fingerprint density at radius 3 is 2.03 bits per heavy atom. The van der Waals surface area contributed by atoms with Crippen molar-refractivity contribution >= 4 is 0 Å². The van der Waals surface area contributed by atoms with Crippen molar-refractivity contribution in [2.45, 2.75) is 112 Å². The van der Waals surface area contributed by atoms with Crippen LogP contribution >= 0.6 is 0 Å². The van der Waals surface area contributed by atoms with E-state index >= 15 is 0 Å². The van der Waals surface area contributed by atoms with Crippen LogP contribution in [-0.4, -0.2) is 19.5 Å². The molecule has 0 amide bonds. The summed E-state index contributed by atoms with van der Waals surface area (Å²) in [5.41, 5.74) is 3.02. The zero-order valence-electron chi connectivity index (χ0n) is 24.1. The molecule has 0 radical (unpaired) electrons. The lowest BCUT2D eigenvalue weighted by Gasteiger charge is -2.23. The molecule has 3 unspecified atom stereocenters. The first-order chi connectivity index (χ1) is 17.2. The first-order valence-electron chi connectivity index (χ1n) is 14.3. The Balaban J connectivity index is 1.90. The van der Waals surface area contributed by atoms with Crippen LogP contribution in [-0.2, 0) is 11.2 Å². The van der Waals surface area contributed by atoms with Crippen molar-refractivity contribution in [2.24, 2.45) is 11.3 Å². The lowest BCUT2D eigenvalue weighted by atomic mass is 9.88. The van der Waals surface area contributed by atoms with Crippen molar-refractivity contribution in [1.29, 1.82) is 0 Å². The summed E-state index contributed by atoms with van der Waals surface area (Å²) in [7, 11) is 0. The number of unbranched alkanes of at least 4 members (excludes halogenated alkanes) is 1. The Kier molecular flexibility index (Phi) is 13.4. The standard InChI is InChI=1S/C33H52O3/c1-8-11-13-26(4)24-32(36-31-18-14-27(15-19-31)25-33(5,6)7)35-23-22-34-30-20-16-29(17-21-30)28(10-3)12-9-2/h14-21,26,28,32H,8-13,22-25H2,1-7H3. The van der Waals surface area contributed by atoms with Crippen molar-refractivity contribution in [3.05, 3.63) is 59.7 Å². The van der Waals surface area contributed by atoms with E-state index in [2.05, 4.69) is 97.0 Å². The molecule has 3 heteroatoms. The molecule has 3 atom stereocenters. The summed E-state index contributed by atoms with van der Waals surface area (Å²) >= 11 is 0. The molecule has 0 aliphatic carbocycles. The van der Waals surface area contributed by atoms with E-state index in [4.69, 9.17) is 14.2 Å². The Morgan fingerprint density at radius 2 is 1.44 bits per heavy atom. The molecule has 36 heavy (non-hydrogen) atoms. The van der Waals surface area contributed by atoms with E-state index in [0.29, 0.717) is 25.0 Å². The summed E-state index contributed by atoms with van der Waals surface area (Å²) in [5, 5.41) is 0. The summed E-state index contributed by atoms with van der Waals surface area (Å²) in [4.78, 5) is 0. The molecular formula is C33H52O3. The number of hydrogen-bond donors (Lipinski definition) is 0. The van der Waals surface area contributed by atoms with E-state index in [9.17, 15) is 0 Å². The second-order valence-corrected chi connectivity index (χ2v) is 11.6. The average Bonchev–Trinajstić information content (AvgIpc) is 2.84. The van der Waals surface area contributed by atoms with Gasteiger partial charge in [0.2, 0.25) is 0 Å². The molecular weight excluding hydrogens is 444 g/mol. The summed E-state index contributed by atoms with van der Waals surface area (Å²) in [5.74, 6) is 2.96. The van der Waals surface area contributed by atoms with Gasteiger partial charge in [0.15, 0.2) is 6.29 Å². The highest BCUT2D eigenvalue weighted by atomic mass is 16.7. The fourth-order valence-corrected chi connectivity index (χ4v) is 4.73. The molecule has 0 saturated carbocycles. The summed E-state index contributed by atoms with van der Waals surface area (Å²) in [6, 6.07) is 17.1. The predicted octanol–water partition coefficient (Wildman–Crippen LogP) is 9.59. The number of ether oxygens (including phenoxy) is 3. The van der Waals surface area contributed by atoms with Gasteiger partial charge in [-0.25, -0.2) is 0 Å². The van der Waals surface area contributed by atoms with Crippen molar-refractivity contribution in [3.8, 4) is 11.5 Å². The third-order valence-electron chi connectivity index (χ3n) is 6.71. The van der Waals surface area contributed by atoms with Gasteiger partial charge in [-0.05, 0) is 71.9 Å². The molecule has 0 heterocycles. The normalized spacial score (nSPS) is 14.3. The van der Waals surface area contributed by atoms with Crippen LogP contribution < -0.4 is 9.47 Å². The van der Waals surface area contributed by atoms with E-state index in [1.807, 2.05) is 0 Å². The summed E-state index contributed by atoms with van der Waals surface area (Å²) < 4.78 is 18.5. The SMILES string of the molecule is CCCCC(C)CC(OCCOc1ccc(C(CC)CCC)cc1)Oc1ccc(CC(C)(C)C)cc1. The second-order valence-electron chi connectivity index (χ2n) is 11.6. The molecule has 0 aromatic heterocycles. The molecule has 2 aromatic rings. The van der Waals surface area contributed by atoms with E-state index in [-0.39, 0.29) is 11.7 Å². The van der Waals surface area contributed by atoms with Gasteiger partial charge in [-0.2, -0.15) is 0 Å². The van der Waals surface area contributed by atoms with Gasteiger partial charge in [0.1, 0.15) is 18.1 Å². The predicted molar refractivity (Wildman–Crippen MR) is 153 cm³/mol. The summed E-state index contributed by atoms with van der Waals surface area (Å²) in [6.45, 7) is 16.9. The average molecular weight is 497 g/mol. The first-order valence-corrected chi connectivity index (χ1v) is 14.3. The molecule has 2 rings (SSSR count). The van der Waals surface area contributed by atoms with Crippen LogP contribution in [0, 0.1) is 11.3 Å². The Morgan fingerprint density at radius 1 is 0.778 bits per heavy atom. The minimum Gasteiger partial charge on any atom is -0.491 e. The molecule has 0 saturated heterocycles. The van der Waals surface area contributed by atoms with Crippen molar-refractivity contribution < 1.29 is 14.2 Å². The highest BCUT2D eigenvalue weighted by molar-refractivity contribution is 5.29. The summed E-state index contributed by atoms with van der Waals surface area (Å²) in [6.07, 6.45) is 8.96. The monoisotopic (exact) mass is 496 g/mol. The van der Waals surface area contributed by atoms with Crippen LogP contribution in [0.15, 0.2) is 48.5 Å². The van der Waals surface area contributed by atoms with Gasteiger partial charge >= 0.3 is 0 Å². The Labute approximate surface area is 221 Å². The molecule has 2 aromatic carbocycles. The van der Waals surface area contributed by atoms with Crippen LogP contribution in [0.4, 0.5) is 0 Å². The Bertz CT molecular complexity index is 820. The number of rotatable bonds is 17. The molecule has 0 spiro atoms. The first kappa shape index (κ1) is 30.2. The molecule has 3 nitrogen and oxygen atoms in total. The molecule has 0 fully saturated rings. The fraction of sp³-hybridized carbons (Fsp3) is 0.636. The van der Waals surface area contributed by atoms with Crippen LogP contribution in [0.1, 0.15) is 110 Å². The molecule has 0 aliphatic rings. The van der Waals surface area contributed by atoms with E-state index in [1.54, 1.807) is 0 Å². The topological polar surface area (TPSA) is 27.7 Å². The minimum atomic E-state index is -0.268. The fourth-order valence-electron chi connectivity index (χ4n) is 4.73. The van der Waals surface area contributed by atoms with Crippen LogP contribution in [0.25, 0.3) is 0 Å². The lowest BCUT2D eigenvalue weighted by molar-refractivity contribution is -0.0981. The van der Waals surface area contributed by atoms with Gasteiger partial charge < -0.3 is 14.2 Å². The van der Waals surface area contributed by atoms with Crippen LogP contribution in [0.5, 0.6) is 11.5 Å². The second kappa shape index (κ2) is 16.0. The van der Waals surface area contributed by atoms with Crippen molar-refractivity contribution in [3.63, 3.8) is 0 Å². The van der Waals surface area contributed by atoms with Gasteiger partial charge in [0.25, 0.3) is 0 Å². The van der Waals surface area contributed by atoms with Crippen LogP contribution in [0.3, 0.4) is 0 Å². The Hall–Kier alpha value is -2.00. The van der Waals surface area contributed by atoms with Gasteiger partial charge in [0, 0.05) is 6.42 Å². The molecule has 0 bridgehead atoms. The zero-order valence-corrected chi connectivity index (χ0v) is 24.1. The lowest BCUT2D eigenvalue weighted by Crippen LogP contribution is -2.25. The molecule has 202 valence electrons. The third-order valence-corrected chi connectivity index (χ3v) is 6.71. The highest BCUT2D eigenvalue weighted by Crippen LogP contribution is 2.27. The third kappa shape index (κ3) is 11.8. The quantitative estimate of drug-likeness (QED) is 0.161. The molecule has 0 N–H and O–H groups in total. The van der Waals surface area contributed by atoms with E-state index in [1.165, 1.54) is 49.7 Å². The number of hydrogen-bond acceptors (Lipinski definition) is 3. The van der Waals surface area contributed by atoms with Gasteiger partial charge in [0.05, 0.1) is 6.61 Å². The maximum Gasteiger partial charge on any atom is 0.200 e. The van der Waals surface area contributed by atoms with E-state index in [0.717, 1.165) is 24.3 Å². The smallest absolute Gasteiger partial charge is 0.200 e. The zero-order chi connectivity index (χ0) is 26.4. The number of benzene rings is 2. The van der Waals surface area contributed by atoms with Crippen LogP contribution in [0.2, 0.25) is 0 Å².